The van der Waals surface area contributed by atoms with Crippen molar-refractivity contribution < 1.29 is 19.4 Å². The quantitative estimate of drug-likeness (QED) is 0.199. The molecule has 0 radical (unpaired) electrons. The Morgan fingerprint density at radius 3 is 2.61 bits per heavy atom. The third-order valence-corrected chi connectivity index (χ3v) is 8.01. The molecule has 0 bridgehead atoms. The summed E-state index contributed by atoms with van der Waals surface area (Å²) in [5, 5.41) is 13.1. The van der Waals surface area contributed by atoms with E-state index in [9.17, 15) is 9.90 Å². The van der Waals surface area contributed by atoms with Crippen LogP contribution in [0, 0.1) is 5.92 Å². The summed E-state index contributed by atoms with van der Waals surface area (Å²) in [6.45, 7) is 1.53. The van der Waals surface area contributed by atoms with Gasteiger partial charge in [-0.2, -0.15) is 0 Å². The minimum atomic E-state index is -0.583. The zero-order valence-electron chi connectivity index (χ0n) is 22.6. The standard InChI is InChI=1S/C33H30ClN3O4/c1-40-33(39)29-11-10-25(19-30(29)41-26-18-23-12-15-35-32(23)36-20-26)37-16-13-22(14-17-37)31(38)28-5-3-2-4-27(28)21-6-8-24(34)9-7-21/h2-12,15,18-20,22,31,38H,13-14,16-17H2,1H3,(H,35,36)/t31-/m1/s1. The molecule has 8 heteroatoms. The number of aromatic nitrogens is 2. The average Bonchev–Trinajstić information content (AvgIpc) is 3.49. The van der Waals surface area contributed by atoms with Crippen LogP contribution in [0.5, 0.6) is 11.5 Å². The molecule has 2 N–H and O–H groups in total. The predicted octanol–water partition coefficient (Wildman–Crippen LogP) is 7.41. The fourth-order valence-corrected chi connectivity index (χ4v) is 5.67. The van der Waals surface area contributed by atoms with Crippen LogP contribution < -0.4 is 9.64 Å². The van der Waals surface area contributed by atoms with Crippen molar-refractivity contribution in [3.05, 3.63) is 107 Å². The summed E-state index contributed by atoms with van der Waals surface area (Å²) in [5.41, 5.74) is 5.03. The minimum Gasteiger partial charge on any atom is -0.465 e. The Morgan fingerprint density at radius 1 is 1.05 bits per heavy atom. The van der Waals surface area contributed by atoms with E-state index in [4.69, 9.17) is 21.1 Å². The van der Waals surface area contributed by atoms with Crippen LogP contribution in [0.2, 0.25) is 5.02 Å². The van der Waals surface area contributed by atoms with Gasteiger partial charge >= 0.3 is 5.97 Å². The molecule has 5 aromatic rings. The van der Waals surface area contributed by atoms with Crippen LogP contribution in [-0.4, -0.2) is 41.2 Å². The topological polar surface area (TPSA) is 87.7 Å². The Bertz CT molecular complexity index is 1680. The van der Waals surface area contributed by atoms with Crippen LogP contribution in [0.1, 0.15) is 34.9 Å². The number of aliphatic hydroxyl groups excluding tert-OH is 1. The van der Waals surface area contributed by atoms with E-state index >= 15 is 0 Å². The number of esters is 1. The minimum absolute atomic E-state index is 0.115. The van der Waals surface area contributed by atoms with E-state index in [1.54, 1.807) is 12.3 Å². The first-order valence-electron chi connectivity index (χ1n) is 13.6. The second-order valence-corrected chi connectivity index (χ2v) is 10.7. The first kappa shape index (κ1) is 26.9. The van der Waals surface area contributed by atoms with E-state index in [0.29, 0.717) is 22.1 Å². The summed E-state index contributed by atoms with van der Waals surface area (Å²) in [5.74, 6) is 0.581. The maximum absolute atomic E-state index is 12.5. The van der Waals surface area contributed by atoms with Crippen LogP contribution >= 0.6 is 11.6 Å². The number of aromatic amines is 1. The van der Waals surface area contributed by atoms with Gasteiger partial charge in [0.2, 0.25) is 0 Å². The average molecular weight is 568 g/mol. The molecule has 208 valence electrons. The second-order valence-electron chi connectivity index (χ2n) is 10.2. The van der Waals surface area contributed by atoms with Crippen LogP contribution in [0.4, 0.5) is 5.69 Å². The molecular weight excluding hydrogens is 538 g/mol. The Labute approximate surface area is 243 Å². The van der Waals surface area contributed by atoms with E-state index in [1.165, 1.54) is 7.11 Å². The van der Waals surface area contributed by atoms with Gasteiger partial charge < -0.3 is 24.5 Å². The largest absolute Gasteiger partial charge is 0.465 e. The molecule has 7 nitrogen and oxygen atoms in total. The molecule has 0 amide bonds. The van der Waals surface area contributed by atoms with E-state index < -0.39 is 12.1 Å². The van der Waals surface area contributed by atoms with E-state index in [0.717, 1.165) is 59.3 Å². The molecule has 1 saturated heterocycles. The number of carbonyl (C=O) groups is 1. The van der Waals surface area contributed by atoms with Gasteiger partial charge in [-0.05, 0) is 71.8 Å². The van der Waals surface area contributed by atoms with Crippen LogP contribution in [-0.2, 0) is 4.74 Å². The van der Waals surface area contributed by atoms with Crippen LogP contribution in [0.15, 0.2) is 91.3 Å². The lowest BCUT2D eigenvalue weighted by molar-refractivity contribution is 0.0598. The number of pyridine rings is 1. The SMILES string of the molecule is COC(=O)c1ccc(N2CCC([C@@H](O)c3ccccc3-c3ccc(Cl)cc3)CC2)cc1Oc1cnc2[nH]ccc2c1. The Balaban J connectivity index is 1.19. The summed E-state index contributed by atoms with van der Waals surface area (Å²) in [4.78, 5) is 22.2. The highest BCUT2D eigenvalue weighted by Gasteiger charge is 2.28. The molecule has 0 aliphatic carbocycles. The zero-order valence-corrected chi connectivity index (χ0v) is 23.3. The molecule has 1 aliphatic rings. The Kier molecular flexibility index (Phi) is 7.63. The van der Waals surface area contributed by atoms with Crippen LogP contribution in [0.3, 0.4) is 0 Å². The van der Waals surface area contributed by atoms with Gasteiger partial charge in [-0.15, -0.1) is 0 Å². The van der Waals surface area contributed by atoms with Gasteiger partial charge in [0.25, 0.3) is 0 Å². The van der Waals surface area contributed by atoms with Crippen molar-refractivity contribution in [3.8, 4) is 22.6 Å². The number of benzene rings is 3. The number of aliphatic hydroxyl groups is 1. The first-order chi connectivity index (χ1) is 20.0. The summed E-state index contributed by atoms with van der Waals surface area (Å²) in [7, 11) is 1.36. The molecule has 0 unspecified atom stereocenters. The number of rotatable bonds is 7. The maximum Gasteiger partial charge on any atom is 0.341 e. The fraction of sp³-hybridized carbons (Fsp3) is 0.212. The molecule has 6 rings (SSSR count). The van der Waals surface area contributed by atoms with Gasteiger partial charge in [-0.25, -0.2) is 9.78 Å². The molecular formula is C33H30ClN3O4. The van der Waals surface area contributed by atoms with Gasteiger partial charge in [0.05, 0.1) is 19.4 Å². The number of H-pyrrole nitrogens is 1. The monoisotopic (exact) mass is 567 g/mol. The smallest absolute Gasteiger partial charge is 0.341 e. The molecule has 0 spiro atoms. The number of fused-ring (bicyclic) bond motifs is 1. The van der Waals surface area contributed by atoms with E-state index in [-0.39, 0.29) is 5.92 Å². The number of hydrogen-bond acceptors (Lipinski definition) is 6. The first-order valence-corrected chi connectivity index (χ1v) is 14.0. The van der Waals surface area contributed by atoms with E-state index in [1.807, 2.05) is 79.0 Å². The van der Waals surface area contributed by atoms with Gasteiger partial charge in [0.15, 0.2) is 0 Å². The van der Waals surface area contributed by atoms with Crippen molar-refractivity contribution in [2.75, 3.05) is 25.1 Å². The van der Waals surface area contributed by atoms with Crippen molar-refractivity contribution in [3.63, 3.8) is 0 Å². The predicted molar refractivity (Wildman–Crippen MR) is 161 cm³/mol. The third-order valence-electron chi connectivity index (χ3n) is 7.76. The van der Waals surface area contributed by atoms with Gasteiger partial charge in [-0.1, -0.05) is 48.0 Å². The lowest BCUT2D eigenvalue weighted by atomic mass is 9.84. The Hall–Kier alpha value is -4.33. The lowest BCUT2D eigenvalue weighted by Gasteiger charge is -2.36. The van der Waals surface area contributed by atoms with Gasteiger partial charge in [-0.3, -0.25) is 0 Å². The van der Waals surface area contributed by atoms with Crippen molar-refractivity contribution >= 4 is 34.3 Å². The van der Waals surface area contributed by atoms with Gasteiger partial charge in [0.1, 0.15) is 22.7 Å². The fourth-order valence-electron chi connectivity index (χ4n) is 5.55. The number of ether oxygens (including phenoxy) is 2. The second kappa shape index (κ2) is 11.6. The normalized spacial score (nSPS) is 14.7. The number of carbonyl (C=O) groups excluding carboxylic acids is 1. The van der Waals surface area contributed by atoms with Crippen molar-refractivity contribution in [1.29, 1.82) is 0 Å². The molecule has 1 aliphatic heterocycles. The summed E-state index contributed by atoms with van der Waals surface area (Å²) < 4.78 is 11.2. The highest BCUT2D eigenvalue weighted by Crippen LogP contribution is 2.38. The van der Waals surface area contributed by atoms with Crippen molar-refractivity contribution in [2.24, 2.45) is 5.92 Å². The summed E-state index contributed by atoms with van der Waals surface area (Å²) in [6, 6.07) is 25.1. The van der Waals surface area contributed by atoms with Crippen molar-refractivity contribution in [1.82, 2.24) is 9.97 Å². The molecule has 1 fully saturated rings. The number of hydrogen-bond donors (Lipinski definition) is 2. The number of anilines is 1. The molecule has 0 saturated carbocycles. The lowest BCUT2D eigenvalue weighted by Crippen LogP contribution is -2.35. The van der Waals surface area contributed by atoms with Gasteiger partial charge in [0, 0.05) is 41.4 Å². The third kappa shape index (κ3) is 5.64. The summed E-state index contributed by atoms with van der Waals surface area (Å²) >= 11 is 6.10. The summed E-state index contributed by atoms with van der Waals surface area (Å²) in [6.07, 6.45) is 4.50. The van der Waals surface area contributed by atoms with Crippen molar-refractivity contribution in [2.45, 2.75) is 18.9 Å². The molecule has 41 heavy (non-hydrogen) atoms. The molecule has 1 atom stereocenters. The Morgan fingerprint density at radius 2 is 1.83 bits per heavy atom. The van der Waals surface area contributed by atoms with E-state index in [2.05, 4.69) is 14.9 Å². The zero-order chi connectivity index (χ0) is 28.3. The molecule has 3 heterocycles. The van der Waals surface area contributed by atoms with Crippen LogP contribution in [0.25, 0.3) is 22.2 Å². The number of nitrogens with zero attached hydrogens (tertiary/aromatic N) is 2. The molecule has 2 aromatic heterocycles. The molecule has 3 aromatic carbocycles. The number of halogens is 1. The number of piperidine rings is 1. The highest BCUT2D eigenvalue weighted by molar-refractivity contribution is 6.30. The number of methoxy groups -OCH3 is 1. The highest BCUT2D eigenvalue weighted by atomic mass is 35.5. The maximum atomic E-state index is 12.5. The number of nitrogens with one attached hydrogen (secondary N) is 1.